The van der Waals surface area contributed by atoms with Crippen molar-refractivity contribution in [2.75, 3.05) is 20.3 Å². The molecule has 0 radical (unpaired) electrons. The highest BCUT2D eigenvalue weighted by Crippen LogP contribution is 2.35. The normalized spacial score (nSPS) is 12.6. The molecule has 1 heterocycles. The zero-order chi connectivity index (χ0) is 16.9. The van der Waals surface area contributed by atoms with E-state index in [1.807, 2.05) is 36.4 Å². The summed E-state index contributed by atoms with van der Waals surface area (Å²) < 4.78 is 22.5. The molecule has 0 saturated heterocycles. The Morgan fingerprint density at radius 3 is 2.58 bits per heavy atom. The lowest BCUT2D eigenvalue weighted by Gasteiger charge is -2.20. The second kappa shape index (κ2) is 7.57. The Morgan fingerprint density at radius 2 is 1.83 bits per heavy atom. The van der Waals surface area contributed by atoms with E-state index in [2.05, 4.69) is 15.9 Å². The van der Waals surface area contributed by atoms with E-state index >= 15 is 0 Å². The molecular formula is C18H17BrO5. The minimum Gasteiger partial charge on any atom is -0.496 e. The summed E-state index contributed by atoms with van der Waals surface area (Å²) in [6.45, 7) is 1.21. The third-order valence-corrected chi connectivity index (χ3v) is 4.37. The van der Waals surface area contributed by atoms with Crippen LogP contribution in [0.25, 0.3) is 0 Å². The van der Waals surface area contributed by atoms with Gasteiger partial charge in [-0.2, -0.15) is 0 Å². The molecule has 0 spiro atoms. The van der Waals surface area contributed by atoms with Crippen molar-refractivity contribution in [3.8, 4) is 17.2 Å². The second-order valence-electron chi connectivity index (χ2n) is 5.24. The van der Waals surface area contributed by atoms with Crippen molar-refractivity contribution < 1.29 is 23.7 Å². The molecule has 0 N–H and O–H groups in total. The molecule has 1 aliphatic rings. The van der Waals surface area contributed by atoms with Crippen molar-refractivity contribution in [3.63, 3.8) is 0 Å². The van der Waals surface area contributed by atoms with Gasteiger partial charge in [0.25, 0.3) is 0 Å². The summed E-state index contributed by atoms with van der Waals surface area (Å²) in [4.78, 5) is 12.1. The van der Waals surface area contributed by atoms with Crippen LogP contribution in [-0.2, 0) is 22.6 Å². The largest absolute Gasteiger partial charge is 0.496 e. The van der Waals surface area contributed by atoms with Crippen LogP contribution in [-0.4, -0.2) is 26.3 Å². The van der Waals surface area contributed by atoms with Gasteiger partial charge in [-0.3, -0.25) is 4.79 Å². The smallest absolute Gasteiger partial charge is 0.310 e. The lowest BCUT2D eigenvalue weighted by molar-refractivity contribution is -0.144. The SMILES string of the molecule is COc1ccccc1CC(=O)OCc1cc2c(cc1Br)OCCO2. The van der Waals surface area contributed by atoms with E-state index in [1.165, 1.54) is 0 Å². The predicted octanol–water partition coefficient (Wildman–Crippen LogP) is 3.51. The number of rotatable bonds is 5. The molecule has 0 fully saturated rings. The first-order chi connectivity index (χ1) is 11.7. The molecule has 126 valence electrons. The highest BCUT2D eigenvalue weighted by molar-refractivity contribution is 9.10. The van der Waals surface area contributed by atoms with Gasteiger partial charge in [-0.05, 0) is 18.2 Å². The van der Waals surface area contributed by atoms with Gasteiger partial charge in [0.2, 0.25) is 0 Å². The Labute approximate surface area is 148 Å². The standard InChI is InChI=1S/C18H17BrO5/c1-21-15-5-3-2-4-12(15)9-18(20)24-11-13-8-16-17(10-14(13)19)23-7-6-22-16/h2-5,8,10H,6-7,9,11H2,1H3. The van der Waals surface area contributed by atoms with Crippen molar-refractivity contribution >= 4 is 21.9 Å². The van der Waals surface area contributed by atoms with Crippen molar-refractivity contribution in [1.82, 2.24) is 0 Å². The van der Waals surface area contributed by atoms with Crippen molar-refractivity contribution in [2.45, 2.75) is 13.0 Å². The van der Waals surface area contributed by atoms with E-state index in [-0.39, 0.29) is 19.0 Å². The van der Waals surface area contributed by atoms with Crippen LogP contribution in [0.5, 0.6) is 17.2 Å². The van der Waals surface area contributed by atoms with E-state index in [0.717, 1.165) is 15.6 Å². The maximum Gasteiger partial charge on any atom is 0.310 e. The van der Waals surface area contributed by atoms with Crippen LogP contribution in [0.3, 0.4) is 0 Å². The summed E-state index contributed by atoms with van der Waals surface area (Å²) in [5, 5.41) is 0. The van der Waals surface area contributed by atoms with Gasteiger partial charge in [0, 0.05) is 15.6 Å². The highest BCUT2D eigenvalue weighted by atomic mass is 79.9. The molecule has 0 aromatic heterocycles. The Bertz CT molecular complexity index is 744. The zero-order valence-corrected chi connectivity index (χ0v) is 14.8. The molecular weight excluding hydrogens is 376 g/mol. The van der Waals surface area contributed by atoms with Crippen LogP contribution >= 0.6 is 15.9 Å². The number of fused-ring (bicyclic) bond motifs is 1. The molecule has 3 rings (SSSR count). The minimum absolute atomic E-state index is 0.158. The third kappa shape index (κ3) is 3.82. The fourth-order valence-electron chi connectivity index (χ4n) is 2.43. The van der Waals surface area contributed by atoms with Crippen LogP contribution in [0.4, 0.5) is 0 Å². The molecule has 2 aromatic rings. The van der Waals surface area contributed by atoms with Crippen molar-refractivity contribution in [3.05, 3.63) is 52.0 Å². The molecule has 0 unspecified atom stereocenters. The van der Waals surface area contributed by atoms with Crippen molar-refractivity contribution in [1.29, 1.82) is 0 Å². The average molecular weight is 393 g/mol. The maximum absolute atomic E-state index is 12.1. The number of esters is 1. The van der Waals surface area contributed by atoms with Gasteiger partial charge in [0.1, 0.15) is 25.6 Å². The summed E-state index contributed by atoms with van der Waals surface area (Å²) in [5.41, 5.74) is 1.62. The van der Waals surface area contributed by atoms with Gasteiger partial charge in [-0.1, -0.05) is 34.1 Å². The molecule has 2 aromatic carbocycles. The quantitative estimate of drug-likeness (QED) is 0.728. The van der Waals surface area contributed by atoms with Gasteiger partial charge in [-0.15, -0.1) is 0 Å². The Hall–Kier alpha value is -2.21. The fraction of sp³-hybridized carbons (Fsp3) is 0.278. The average Bonchev–Trinajstić information content (AvgIpc) is 2.60. The number of halogens is 1. The summed E-state index contributed by atoms with van der Waals surface area (Å²) in [6.07, 6.45) is 0.159. The van der Waals surface area contributed by atoms with Crippen molar-refractivity contribution in [2.24, 2.45) is 0 Å². The lowest BCUT2D eigenvalue weighted by atomic mass is 10.1. The van der Waals surface area contributed by atoms with Gasteiger partial charge >= 0.3 is 5.97 Å². The summed E-state index contributed by atoms with van der Waals surface area (Å²) in [7, 11) is 1.58. The number of para-hydroxylation sites is 1. The number of carbonyl (C=O) groups is 1. The Morgan fingerprint density at radius 1 is 1.12 bits per heavy atom. The maximum atomic E-state index is 12.1. The topological polar surface area (TPSA) is 54.0 Å². The highest BCUT2D eigenvalue weighted by Gasteiger charge is 2.16. The number of methoxy groups -OCH3 is 1. The van der Waals surface area contributed by atoms with Crippen LogP contribution in [0.1, 0.15) is 11.1 Å². The first kappa shape index (κ1) is 16.6. The van der Waals surface area contributed by atoms with Crippen LogP contribution in [0, 0.1) is 0 Å². The first-order valence-corrected chi connectivity index (χ1v) is 8.32. The fourth-order valence-corrected chi connectivity index (χ4v) is 2.87. The predicted molar refractivity (Wildman–Crippen MR) is 91.6 cm³/mol. The summed E-state index contributed by atoms with van der Waals surface area (Å²) in [5.74, 6) is 1.72. The molecule has 0 atom stereocenters. The summed E-state index contributed by atoms with van der Waals surface area (Å²) >= 11 is 3.47. The number of hydrogen-bond donors (Lipinski definition) is 0. The number of ether oxygens (including phenoxy) is 4. The van der Waals surface area contributed by atoms with Gasteiger partial charge in [-0.25, -0.2) is 0 Å². The molecule has 0 saturated carbocycles. The van der Waals surface area contributed by atoms with E-state index < -0.39 is 0 Å². The van der Waals surface area contributed by atoms with E-state index in [9.17, 15) is 4.79 Å². The molecule has 0 aliphatic carbocycles. The third-order valence-electron chi connectivity index (χ3n) is 3.63. The van der Waals surface area contributed by atoms with E-state index in [1.54, 1.807) is 7.11 Å². The Balaban J connectivity index is 1.64. The Kier molecular flexibility index (Phi) is 5.25. The van der Waals surface area contributed by atoms with Crippen LogP contribution in [0.2, 0.25) is 0 Å². The number of hydrogen-bond acceptors (Lipinski definition) is 5. The molecule has 24 heavy (non-hydrogen) atoms. The van der Waals surface area contributed by atoms with Crippen LogP contribution in [0.15, 0.2) is 40.9 Å². The second-order valence-corrected chi connectivity index (χ2v) is 6.09. The molecule has 5 nitrogen and oxygen atoms in total. The van der Waals surface area contributed by atoms with Gasteiger partial charge in [0.15, 0.2) is 11.5 Å². The first-order valence-electron chi connectivity index (χ1n) is 7.53. The summed E-state index contributed by atoms with van der Waals surface area (Å²) in [6, 6.07) is 11.1. The zero-order valence-electron chi connectivity index (χ0n) is 13.2. The van der Waals surface area contributed by atoms with Crippen LogP contribution < -0.4 is 14.2 Å². The molecule has 0 bridgehead atoms. The minimum atomic E-state index is -0.318. The number of carbonyl (C=O) groups excluding carboxylic acids is 1. The molecule has 6 heteroatoms. The van der Waals surface area contributed by atoms with E-state index in [4.69, 9.17) is 18.9 Å². The van der Waals surface area contributed by atoms with Gasteiger partial charge in [0.05, 0.1) is 13.5 Å². The monoisotopic (exact) mass is 392 g/mol. The van der Waals surface area contributed by atoms with E-state index in [0.29, 0.717) is 30.5 Å². The number of benzene rings is 2. The molecule has 0 amide bonds. The lowest BCUT2D eigenvalue weighted by Crippen LogP contribution is -2.16. The van der Waals surface area contributed by atoms with Gasteiger partial charge < -0.3 is 18.9 Å². The molecule has 1 aliphatic heterocycles.